The Kier molecular flexibility index (Phi) is 5.28. The molecule has 5 heteroatoms. The third kappa shape index (κ3) is 3.40. The standard InChI is InChI=1S/C16H22BrN3O/c1-3-6-14-15(18)16(21)20(19(14)9-4-2)11-12-7-5-8-13(17)10-12/h5,7-8,10H,3-4,6,9,11,18H2,1-2H3. The minimum Gasteiger partial charge on any atom is -0.393 e. The quantitative estimate of drug-likeness (QED) is 0.866. The fourth-order valence-electron chi connectivity index (χ4n) is 2.59. The Morgan fingerprint density at radius 3 is 2.57 bits per heavy atom. The van der Waals surface area contributed by atoms with Gasteiger partial charge in [0.25, 0.3) is 5.56 Å². The molecule has 0 bridgehead atoms. The van der Waals surface area contributed by atoms with Gasteiger partial charge >= 0.3 is 0 Å². The summed E-state index contributed by atoms with van der Waals surface area (Å²) < 4.78 is 4.84. The van der Waals surface area contributed by atoms with Crippen LogP contribution in [0.25, 0.3) is 0 Å². The Balaban J connectivity index is 2.46. The highest BCUT2D eigenvalue weighted by Gasteiger charge is 2.16. The third-order valence-corrected chi connectivity index (χ3v) is 4.02. The number of aromatic nitrogens is 2. The van der Waals surface area contributed by atoms with Gasteiger partial charge in [0.1, 0.15) is 5.69 Å². The van der Waals surface area contributed by atoms with Crippen molar-refractivity contribution < 1.29 is 0 Å². The first-order valence-corrected chi connectivity index (χ1v) is 8.20. The molecule has 1 aromatic carbocycles. The van der Waals surface area contributed by atoms with Crippen molar-refractivity contribution >= 4 is 21.6 Å². The van der Waals surface area contributed by atoms with Gasteiger partial charge in [-0.15, -0.1) is 0 Å². The van der Waals surface area contributed by atoms with E-state index in [4.69, 9.17) is 5.73 Å². The SMILES string of the molecule is CCCc1c(N)c(=O)n(Cc2cccc(Br)c2)n1CCC. The van der Waals surface area contributed by atoms with E-state index in [9.17, 15) is 4.79 Å². The van der Waals surface area contributed by atoms with E-state index in [-0.39, 0.29) is 5.56 Å². The summed E-state index contributed by atoms with van der Waals surface area (Å²) in [5.74, 6) is 0. The summed E-state index contributed by atoms with van der Waals surface area (Å²) in [4.78, 5) is 12.5. The van der Waals surface area contributed by atoms with Crippen LogP contribution in [0, 0.1) is 0 Å². The molecular weight excluding hydrogens is 330 g/mol. The molecule has 21 heavy (non-hydrogen) atoms. The van der Waals surface area contributed by atoms with E-state index in [1.54, 1.807) is 4.68 Å². The van der Waals surface area contributed by atoms with Gasteiger partial charge in [0.05, 0.1) is 12.2 Å². The van der Waals surface area contributed by atoms with Gasteiger partial charge < -0.3 is 5.73 Å². The van der Waals surface area contributed by atoms with Gasteiger partial charge in [0.2, 0.25) is 0 Å². The maximum atomic E-state index is 12.5. The predicted octanol–water partition coefficient (Wildman–Crippen LogP) is 3.41. The van der Waals surface area contributed by atoms with Crippen molar-refractivity contribution in [2.45, 2.75) is 46.2 Å². The summed E-state index contributed by atoms with van der Waals surface area (Å²) in [6.45, 7) is 5.58. The van der Waals surface area contributed by atoms with Gasteiger partial charge in [-0.3, -0.25) is 9.48 Å². The van der Waals surface area contributed by atoms with Crippen LogP contribution in [-0.4, -0.2) is 9.36 Å². The fourth-order valence-corrected chi connectivity index (χ4v) is 3.04. The number of hydrogen-bond donors (Lipinski definition) is 1. The number of nitrogens with zero attached hydrogens (tertiary/aromatic N) is 2. The number of anilines is 1. The van der Waals surface area contributed by atoms with Gasteiger partial charge in [0, 0.05) is 11.0 Å². The molecule has 0 aliphatic carbocycles. The van der Waals surface area contributed by atoms with Crippen LogP contribution in [0.1, 0.15) is 37.9 Å². The van der Waals surface area contributed by atoms with E-state index >= 15 is 0 Å². The molecule has 0 aliphatic rings. The Morgan fingerprint density at radius 2 is 1.95 bits per heavy atom. The fraction of sp³-hybridized carbons (Fsp3) is 0.438. The number of benzene rings is 1. The second-order valence-electron chi connectivity index (χ2n) is 5.23. The van der Waals surface area contributed by atoms with Gasteiger partial charge in [-0.05, 0) is 30.5 Å². The number of halogens is 1. The monoisotopic (exact) mass is 351 g/mol. The molecule has 0 amide bonds. The molecule has 4 nitrogen and oxygen atoms in total. The molecule has 2 rings (SSSR count). The zero-order valence-electron chi connectivity index (χ0n) is 12.6. The summed E-state index contributed by atoms with van der Waals surface area (Å²) in [5, 5.41) is 0. The molecule has 0 saturated carbocycles. The van der Waals surface area contributed by atoms with Crippen LogP contribution in [0.4, 0.5) is 5.69 Å². The maximum Gasteiger partial charge on any atom is 0.290 e. The second kappa shape index (κ2) is 6.98. The molecule has 114 valence electrons. The summed E-state index contributed by atoms with van der Waals surface area (Å²) >= 11 is 3.47. The van der Waals surface area contributed by atoms with Crippen molar-refractivity contribution in [2.24, 2.45) is 0 Å². The Morgan fingerprint density at radius 1 is 1.19 bits per heavy atom. The molecule has 0 spiro atoms. The molecule has 0 atom stereocenters. The van der Waals surface area contributed by atoms with Gasteiger partial charge in [-0.25, -0.2) is 4.68 Å². The van der Waals surface area contributed by atoms with E-state index in [1.807, 2.05) is 24.3 Å². The van der Waals surface area contributed by atoms with E-state index in [0.29, 0.717) is 12.2 Å². The van der Waals surface area contributed by atoms with Crippen molar-refractivity contribution in [3.05, 3.63) is 50.3 Å². The van der Waals surface area contributed by atoms with Crippen LogP contribution < -0.4 is 11.3 Å². The molecule has 0 unspecified atom stereocenters. The Bertz CT molecular complexity index is 673. The maximum absolute atomic E-state index is 12.5. The van der Waals surface area contributed by atoms with E-state index < -0.39 is 0 Å². The summed E-state index contributed by atoms with van der Waals surface area (Å²) in [6, 6.07) is 8.02. The van der Waals surface area contributed by atoms with E-state index in [0.717, 1.165) is 41.5 Å². The van der Waals surface area contributed by atoms with Crippen LogP contribution >= 0.6 is 15.9 Å². The summed E-state index contributed by atoms with van der Waals surface area (Å²) in [5.41, 5.74) is 8.43. The molecule has 2 aromatic rings. The number of rotatable bonds is 6. The van der Waals surface area contributed by atoms with Gasteiger partial charge in [-0.2, -0.15) is 0 Å². The van der Waals surface area contributed by atoms with Crippen LogP contribution in [0.15, 0.2) is 33.5 Å². The molecular formula is C16H22BrN3O. The molecule has 0 fully saturated rings. The Hall–Kier alpha value is -1.49. The minimum atomic E-state index is -0.0770. The lowest BCUT2D eigenvalue weighted by molar-refractivity contribution is 0.449. The molecule has 0 saturated heterocycles. The molecule has 0 aliphatic heterocycles. The summed E-state index contributed by atoms with van der Waals surface area (Å²) in [7, 11) is 0. The minimum absolute atomic E-state index is 0.0770. The lowest BCUT2D eigenvalue weighted by atomic mass is 10.2. The van der Waals surface area contributed by atoms with Crippen molar-refractivity contribution in [3.8, 4) is 0 Å². The lowest BCUT2D eigenvalue weighted by Gasteiger charge is -2.14. The largest absolute Gasteiger partial charge is 0.393 e. The van der Waals surface area contributed by atoms with Gasteiger partial charge in [-0.1, -0.05) is 48.3 Å². The van der Waals surface area contributed by atoms with Crippen LogP contribution in [0.2, 0.25) is 0 Å². The normalized spacial score (nSPS) is 11.0. The lowest BCUT2D eigenvalue weighted by Crippen LogP contribution is -2.25. The molecule has 1 heterocycles. The van der Waals surface area contributed by atoms with Crippen LogP contribution in [0.5, 0.6) is 0 Å². The third-order valence-electron chi connectivity index (χ3n) is 3.52. The first kappa shape index (κ1) is 15.9. The summed E-state index contributed by atoms with van der Waals surface area (Å²) in [6.07, 6.45) is 2.80. The molecule has 2 N–H and O–H groups in total. The van der Waals surface area contributed by atoms with E-state index in [1.165, 1.54) is 0 Å². The number of hydrogen-bond acceptors (Lipinski definition) is 2. The van der Waals surface area contributed by atoms with Crippen molar-refractivity contribution in [2.75, 3.05) is 5.73 Å². The highest BCUT2D eigenvalue weighted by Crippen LogP contribution is 2.16. The first-order valence-electron chi connectivity index (χ1n) is 7.40. The zero-order chi connectivity index (χ0) is 15.4. The van der Waals surface area contributed by atoms with E-state index in [2.05, 4.69) is 34.5 Å². The average molecular weight is 352 g/mol. The van der Waals surface area contributed by atoms with Crippen LogP contribution in [-0.2, 0) is 19.5 Å². The molecule has 1 aromatic heterocycles. The Labute approximate surface area is 133 Å². The van der Waals surface area contributed by atoms with Gasteiger partial charge in [0.15, 0.2) is 0 Å². The number of nitrogen functional groups attached to an aromatic ring is 1. The predicted molar refractivity (Wildman–Crippen MR) is 90.6 cm³/mol. The van der Waals surface area contributed by atoms with Crippen molar-refractivity contribution in [1.82, 2.24) is 9.36 Å². The number of nitrogens with two attached hydrogens (primary N) is 1. The zero-order valence-corrected chi connectivity index (χ0v) is 14.2. The first-order chi connectivity index (χ1) is 10.1. The van der Waals surface area contributed by atoms with Crippen molar-refractivity contribution in [3.63, 3.8) is 0 Å². The highest BCUT2D eigenvalue weighted by atomic mass is 79.9. The smallest absolute Gasteiger partial charge is 0.290 e. The molecule has 0 radical (unpaired) electrons. The van der Waals surface area contributed by atoms with Crippen molar-refractivity contribution in [1.29, 1.82) is 0 Å². The topological polar surface area (TPSA) is 53.0 Å². The highest BCUT2D eigenvalue weighted by molar-refractivity contribution is 9.10. The average Bonchev–Trinajstić information content (AvgIpc) is 2.66. The second-order valence-corrected chi connectivity index (χ2v) is 6.14. The van der Waals surface area contributed by atoms with Crippen LogP contribution in [0.3, 0.4) is 0 Å².